The molecule has 0 aromatic rings. The van der Waals surface area contributed by atoms with E-state index in [2.05, 4.69) is 6.08 Å². The molecule has 1 heterocycles. The van der Waals surface area contributed by atoms with E-state index in [1.807, 2.05) is 6.08 Å². The molecule has 1 aliphatic carbocycles. The van der Waals surface area contributed by atoms with Crippen LogP contribution in [0.4, 0.5) is 0 Å². The summed E-state index contributed by atoms with van der Waals surface area (Å²) in [5.41, 5.74) is 0. The van der Waals surface area contributed by atoms with Gasteiger partial charge in [-0.25, -0.2) is 0 Å². The van der Waals surface area contributed by atoms with E-state index in [-0.39, 0.29) is 12.2 Å². The van der Waals surface area contributed by atoms with Crippen molar-refractivity contribution in [2.75, 3.05) is 6.61 Å². The highest BCUT2D eigenvalue weighted by atomic mass is 16.5. The van der Waals surface area contributed by atoms with Crippen molar-refractivity contribution in [3.63, 3.8) is 0 Å². The second kappa shape index (κ2) is 2.36. The Kier molecular flexibility index (Phi) is 1.51. The predicted molar refractivity (Wildman–Crippen MR) is 37.6 cm³/mol. The largest absolute Gasteiger partial charge is 0.386 e. The minimum atomic E-state index is -0.350. The zero-order valence-electron chi connectivity index (χ0n) is 5.86. The lowest BCUT2D eigenvalue weighted by atomic mass is 9.87. The third-order valence-electron chi connectivity index (χ3n) is 2.32. The summed E-state index contributed by atoms with van der Waals surface area (Å²) in [6.45, 7) is 0.816. The summed E-state index contributed by atoms with van der Waals surface area (Å²) in [6.07, 6.45) is 5.85. The van der Waals surface area contributed by atoms with Gasteiger partial charge in [-0.2, -0.15) is 0 Å². The first-order valence-electron chi connectivity index (χ1n) is 3.84. The maximum atomic E-state index is 9.31. The number of hydrogen-bond acceptors (Lipinski definition) is 2. The average molecular weight is 140 g/mol. The van der Waals surface area contributed by atoms with Gasteiger partial charge in [-0.1, -0.05) is 12.2 Å². The van der Waals surface area contributed by atoms with Gasteiger partial charge < -0.3 is 9.84 Å². The highest BCUT2D eigenvalue weighted by Gasteiger charge is 2.28. The Labute approximate surface area is 60.5 Å². The molecule has 1 N–H and O–H groups in total. The first kappa shape index (κ1) is 6.38. The van der Waals surface area contributed by atoms with Crippen molar-refractivity contribution >= 4 is 0 Å². The molecule has 2 bridgehead atoms. The number of hydrogen-bond donors (Lipinski definition) is 1. The van der Waals surface area contributed by atoms with Crippen LogP contribution in [0.15, 0.2) is 12.2 Å². The Balaban J connectivity index is 2.13. The number of aliphatic hydroxyl groups excluding tert-OH is 1. The minimum absolute atomic E-state index is 0.0868. The summed E-state index contributed by atoms with van der Waals surface area (Å²) in [5.74, 6) is 0.669. The summed E-state index contributed by atoms with van der Waals surface area (Å²) in [6, 6.07) is 0. The van der Waals surface area contributed by atoms with Crippen molar-refractivity contribution in [3.8, 4) is 0 Å². The average Bonchev–Trinajstić information content (AvgIpc) is 1.99. The second-order valence-corrected chi connectivity index (χ2v) is 3.07. The van der Waals surface area contributed by atoms with E-state index in [1.165, 1.54) is 0 Å². The first-order chi connectivity index (χ1) is 4.86. The van der Waals surface area contributed by atoms with Crippen molar-refractivity contribution < 1.29 is 9.84 Å². The van der Waals surface area contributed by atoms with Crippen molar-refractivity contribution in [3.05, 3.63) is 12.2 Å². The summed E-state index contributed by atoms with van der Waals surface area (Å²) in [5, 5.41) is 9.31. The van der Waals surface area contributed by atoms with Crippen LogP contribution in [0.2, 0.25) is 0 Å². The third-order valence-corrected chi connectivity index (χ3v) is 2.32. The van der Waals surface area contributed by atoms with Crippen LogP contribution in [0.3, 0.4) is 0 Å². The lowest BCUT2D eigenvalue weighted by Gasteiger charge is -2.33. The van der Waals surface area contributed by atoms with E-state index in [0.717, 1.165) is 19.4 Å². The number of allylic oxidation sites excluding steroid dienone is 1. The number of ether oxygens (including phenoxy) is 1. The van der Waals surface area contributed by atoms with Crippen LogP contribution < -0.4 is 0 Å². The predicted octanol–water partition coefficient (Wildman–Crippen LogP) is 0.712. The lowest BCUT2D eigenvalue weighted by molar-refractivity contribution is -0.0621. The smallest absolute Gasteiger partial charge is 0.0982 e. The van der Waals surface area contributed by atoms with Crippen molar-refractivity contribution in [2.45, 2.75) is 25.0 Å². The molecule has 0 radical (unpaired) electrons. The molecule has 0 spiro atoms. The van der Waals surface area contributed by atoms with E-state index in [0.29, 0.717) is 5.92 Å². The topological polar surface area (TPSA) is 29.5 Å². The van der Waals surface area contributed by atoms with Crippen LogP contribution in [-0.2, 0) is 4.74 Å². The van der Waals surface area contributed by atoms with Gasteiger partial charge in [0.15, 0.2) is 0 Å². The standard InChI is InChI=1S/C8H12O2/c9-7-2-1-6-3-4-10-8(7)5-6/h1-2,6-9H,3-5H2. The molecule has 0 aromatic heterocycles. The van der Waals surface area contributed by atoms with E-state index in [9.17, 15) is 5.11 Å². The molecule has 2 rings (SSSR count). The number of aliphatic hydroxyl groups is 1. The molecule has 2 aliphatic rings. The van der Waals surface area contributed by atoms with E-state index < -0.39 is 0 Å². The fourth-order valence-electron chi connectivity index (χ4n) is 1.66. The molecule has 0 amide bonds. The zero-order chi connectivity index (χ0) is 6.97. The van der Waals surface area contributed by atoms with Gasteiger partial charge in [-0.15, -0.1) is 0 Å². The van der Waals surface area contributed by atoms with Crippen LogP contribution in [0.5, 0.6) is 0 Å². The summed E-state index contributed by atoms with van der Waals surface area (Å²) in [4.78, 5) is 0. The fraction of sp³-hybridized carbons (Fsp3) is 0.750. The van der Waals surface area contributed by atoms with Crippen LogP contribution in [0.25, 0.3) is 0 Å². The molecule has 3 unspecified atom stereocenters. The molecular formula is C8H12O2. The third kappa shape index (κ3) is 0.976. The van der Waals surface area contributed by atoms with Crippen molar-refractivity contribution in [1.82, 2.24) is 0 Å². The van der Waals surface area contributed by atoms with E-state index in [1.54, 1.807) is 0 Å². The minimum Gasteiger partial charge on any atom is -0.386 e. The zero-order valence-corrected chi connectivity index (χ0v) is 5.86. The molecular weight excluding hydrogens is 128 g/mol. The normalized spacial score (nSPS) is 45.5. The molecule has 3 atom stereocenters. The molecule has 1 fully saturated rings. The Bertz CT molecular complexity index is 149. The monoisotopic (exact) mass is 140 g/mol. The maximum absolute atomic E-state index is 9.31. The SMILES string of the molecule is OC1C=CC2CCOC1C2. The van der Waals surface area contributed by atoms with Gasteiger partial charge in [0.2, 0.25) is 0 Å². The number of rotatable bonds is 0. The second-order valence-electron chi connectivity index (χ2n) is 3.07. The van der Waals surface area contributed by atoms with Gasteiger partial charge >= 0.3 is 0 Å². The molecule has 2 nitrogen and oxygen atoms in total. The van der Waals surface area contributed by atoms with Gasteiger partial charge in [-0.05, 0) is 18.8 Å². The Hall–Kier alpha value is -0.340. The lowest BCUT2D eigenvalue weighted by Crippen LogP contribution is -2.37. The van der Waals surface area contributed by atoms with Gasteiger partial charge in [0.05, 0.1) is 12.2 Å². The van der Waals surface area contributed by atoms with Crippen molar-refractivity contribution in [1.29, 1.82) is 0 Å². The fourth-order valence-corrected chi connectivity index (χ4v) is 1.66. The summed E-state index contributed by atoms with van der Waals surface area (Å²) < 4.78 is 5.36. The molecule has 56 valence electrons. The Morgan fingerprint density at radius 1 is 1.40 bits per heavy atom. The molecule has 10 heavy (non-hydrogen) atoms. The summed E-state index contributed by atoms with van der Waals surface area (Å²) >= 11 is 0. The maximum Gasteiger partial charge on any atom is 0.0982 e. The van der Waals surface area contributed by atoms with Gasteiger partial charge in [0.1, 0.15) is 0 Å². The summed E-state index contributed by atoms with van der Waals surface area (Å²) in [7, 11) is 0. The van der Waals surface area contributed by atoms with Crippen LogP contribution in [-0.4, -0.2) is 23.9 Å². The van der Waals surface area contributed by atoms with Crippen molar-refractivity contribution in [2.24, 2.45) is 5.92 Å². The Morgan fingerprint density at radius 2 is 2.30 bits per heavy atom. The molecule has 0 saturated carbocycles. The van der Waals surface area contributed by atoms with Gasteiger partial charge in [0.25, 0.3) is 0 Å². The quantitative estimate of drug-likeness (QED) is 0.502. The van der Waals surface area contributed by atoms with Gasteiger partial charge in [-0.3, -0.25) is 0 Å². The molecule has 1 saturated heterocycles. The van der Waals surface area contributed by atoms with Gasteiger partial charge in [0, 0.05) is 6.61 Å². The van der Waals surface area contributed by atoms with Crippen LogP contribution in [0, 0.1) is 5.92 Å². The number of fused-ring (bicyclic) bond motifs is 2. The van der Waals surface area contributed by atoms with E-state index in [4.69, 9.17) is 4.74 Å². The Morgan fingerprint density at radius 3 is 3.10 bits per heavy atom. The highest BCUT2D eigenvalue weighted by molar-refractivity contribution is 5.04. The molecule has 0 aromatic carbocycles. The highest BCUT2D eigenvalue weighted by Crippen LogP contribution is 2.27. The van der Waals surface area contributed by atoms with E-state index >= 15 is 0 Å². The van der Waals surface area contributed by atoms with Crippen LogP contribution in [0.1, 0.15) is 12.8 Å². The van der Waals surface area contributed by atoms with Crippen LogP contribution >= 0.6 is 0 Å². The first-order valence-corrected chi connectivity index (χ1v) is 3.84. The molecule has 2 heteroatoms. The molecule has 1 aliphatic heterocycles.